The monoisotopic (exact) mass is 347 g/mol. The molecule has 25 heavy (non-hydrogen) atoms. The molecule has 4 aliphatic heterocycles. The fraction of sp³-hybridized carbons (Fsp3) is 0.684. The van der Waals surface area contributed by atoms with Crippen molar-refractivity contribution >= 4 is 5.69 Å². The molecule has 4 heterocycles. The minimum atomic E-state index is 0.208. The zero-order valence-corrected chi connectivity index (χ0v) is 14.3. The number of hydrogen-bond donors (Lipinski definition) is 2. The van der Waals surface area contributed by atoms with Gasteiger partial charge < -0.3 is 29.8 Å². The van der Waals surface area contributed by atoms with Crippen molar-refractivity contribution in [3.63, 3.8) is 0 Å². The van der Waals surface area contributed by atoms with E-state index < -0.39 is 0 Å². The zero-order chi connectivity index (χ0) is 17.0. The smallest absolute Gasteiger partial charge is 0.142 e. The first kappa shape index (κ1) is 15.9. The summed E-state index contributed by atoms with van der Waals surface area (Å²) in [5.74, 6) is 0.248. The van der Waals surface area contributed by atoms with Gasteiger partial charge in [0.05, 0.1) is 56.5 Å². The molecule has 0 aliphatic carbocycles. The quantitative estimate of drug-likeness (QED) is 0.395. The summed E-state index contributed by atoms with van der Waals surface area (Å²) in [4.78, 5) is 0. The molecule has 136 valence electrons. The third-order valence-electron chi connectivity index (χ3n) is 5.58. The summed E-state index contributed by atoms with van der Waals surface area (Å²) in [5.41, 5.74) is 11.5. The highest BCUT2D eigenvalue weighted by Crippen LogP contribution is 2.41. The number of phenolic OH excluding ortho intramolecular Hbond substituents is 1. The van der Waals surface area contributed by atoms with Crippen molar-refractivity contribution in [2.24, 2.45) is 0 Å². The molecule has 0 amide bonds. The highest BCUT2D eigenvalue weighted by Gasteiger charge is 2.35. The second-order valence-corrected chi connectivity index (χ2v) is 7.65. The van der Waals surface area contributed by atoms with Gasteiger partial charge in [-0.1, -0.05) is 0 Å². The van der Waals surface area contributed by atoms with E-state index >= 15 is 0 Å². The Labute approximate surface area is 147 Å². The lowest BCUT2D eigenvalue weighted by molar-refractivity contribution is 0.390. The number of epoxide rings is 4. The maximum absolute atomic E-state index is 10.8. The number of rotatable bonds is 9. The van der Waals surface area contributed by atoms with Crippen molar-refractivity contribution in [1.29, 1.82) is 0 Å². The average Bonchev–Trinajstić information content (AvgIpc) is 3.46. The Morgan fingerprint density at radius 1 is 0.720 bits per heavy atom. The van der Waals surface area contributed by atoms with Crippen LogP contribution < -0.4 is 5.73 Å². The van der Waals surface area contributed by atoms with Crippen LogP contribution in [0.3, 0.4) is 0 Å². The second kappa shape index (κ2) is 6.13. The van der Waals surface area contributed by atoms with Gasteiger partial charge in [-0.3, -0.25) is 0 Å². The van der Waals surface area contributed by atoms with Crippen molar-refractivity contribution in [3.8, 4) is 5.75 Å². The van der Waals surface area contributed by atoms with Crippen LogP contribution in [0.2, 0.25) is 0 Å². The van der Waals surface area contributed by atoms with E-state index in [1.165, 1.54) is 11.1 Å². The Kier molecular flexibility index (Phi) is 3.89. The Morgan fingerprint density at radius 3 is 1.64 bits per heavy atom. The number of phenols is 1. The van der Waals surface area contributed by atoms with Crippen LogP contribution in [0.15, 0.2) is 0 Å². The molecule has 4 aliphatic rings. The number of nitrogens with two attached hydrogens (primary N) is 1. The first-order valence-corrected chi connectivity index (χ1v) is 9.29. The van der Waals surface area contributed by atoms with Crippen LogP contribution in [0.25, 0.3) is 0 Å². The Morgan fingerprint density at radius 2 is 1.16 bits per heavy atom. The number of anilines is 1. The summed E-state index contributed by atoms with van der Waals surface area (Å²) < 4.78 is 21.8. The van der Waals surface area contributed by atoms with Gasteiger partial charge in [-0.05, 0) is 29.5 Å². The van der Waals surface area contributed by atoms with Crippen LogP contribution in [0.1, 0.15) is 28.7 Å². The normalized spacial score (nSPS) is 31.8. The molecular formula is C19H25NO5. The van der Waals surface area contributed by atoms with Gasteiger partial charge in [0.25, 0.3) is 0 Å². The molecule has 0 radical (unpaired) electrons. The molecule has 6 heteroatoms. The zero-order valence-electron chi connectivity index (χ0n) is 14.3. The summed E-state index contributed by atoms with van der Waals surface area (Å²) in [6.45, 7) is 3.22. The number of nitrogen functional groups attached to an aromatic ring is 1. The van der Waals surface area contributed by atoms with Crippen molar-refractivity contribution in [2.75, 3.05) is 32.2 Å². The summed E-state index contributed by atoms with van der Waals surface area (Å²) in [7, 11) is 0. The minimum Gasteiger partial charge on any atom is -0.505 e. The maximum Gasteiger partial charge on any atom is 0.142 e. The van der Waals surface area contributed by atoms with Gasteiger partial charge >= 0.3 is 0 Å². The first-order valence-electron chi connectivity index (χ1n) is 9.29. The molecule has 4 unspecified atom stereocenters. The van der Waals surface area contributed by atoms with Crippen LogP contribution >= 0.6 is 0 Å². The largest absolute Gasteiger partial charge is 0.505 e. The van der Waals surface area contributed by atoms with E-state index in [0.717, 1.165) is 69.7 Å². The highest BCUT2D eigenvalue weighted by atomic mass is 16.6. The van der Waals surface area contributed by atoms with E-state index in [9.17, 15) is 5.11 Å². The number of ether oxygens (including phenoxy) is 4. The van der Waals surface area contributed by atoms with E-state index in [4.69, 9.17) is 24.7 Å². The van der Waals surface area contributed by atoms with E-state index in [-0.39, 0.29) is 24.1 Å². The lowest BCUT2D eigenvalue weighted by atomic mass is 9.85. The molecule has 4 saturated heterocycles. The fourth-order valence-corrected chi connectivity index (χ4v) is 3.75. The Hall–Kier alpha value is -1.34. The van der Waals surface area contributed by atoms with E-state index in [1.54, 1.807) is 0 Å². The standard InChI is InChI=1S/C19H25NO5/c20-18-14(2-1-10-6-22-10)15(3-11-7-23-11)16(4-12-8-24-12)17(19(18)21)5-13-9-25-13/h10-13,21H,1-9,20H2. The van der Waals surface area contributed by atoms with E-state index in [2.05, 4.69) is 0 Å². The molecular weight excluding hydrogens is 322 g/mol. The van der Waals surface area contributed by atoms with Crippen molar-refractivity contribution in [3.05, 3.63) is 22.3 Å². The number of benzene rings is 1. The molecule has 4 fully saturated rings. The van der Waals surface area contributed by atoms with Crippen LogP contribution in [0, 0.1) is 0 Å². The van der Waals surface area contributed by atoms with Gasteiger partial charge in [-0.2, -0.15) is 0 Å². The predicted octanol–water partition coefficient (Wildman–Crippen LogP) is 1.13. The molecule has 1 aromatic carbocycles. The van der Waals surface area contributed by atoms with Crippen LogP contribution in [0.5, 0.6) is 5.75 Å². The SMILES string of the molecule is Nc1c(O)c(CC2CO2)c(CC2CO2)c(CC2CO2)c1CCC1CO1. The first-order chi connectivity index (χ1) is 12.2. The van der Waals surface area contributed by atoms with Gasteiger partial charge in [0.1, 0.15) is 5.75 Å². The fourth-order valence-electron chi connectivity index (χ4n) is 3.75. The Balaban J connectivity index is 1.55. The molecule has 3 N–H and O–H groups in total. The molecule has 0 spiro atoms. The molecule has 4 atom stereocenters. The van der Waals surface area contributed by atoms with Crippen LogP contribution in [-0.2, 0) is 44.6 Å². The topological polar surface area (TPSA) is 96.4 Å². The summed E-state index contributed by atoms with van der Waals surface area (Å²) in [6.07, 6.45) is 5.32. The highest BCUT2D eigenvalue weighted by molar-refractivity contribution is 5.68. The summed E-state index contributed by atoms with van der Waals surface area (Å²) >= 11 is 0. The van der Waals surface area contributed by atoms with Crippen LogP contribution in [-0.4, -0.2) is 55.9 Å². The van der Waals surface area contributed by atoms with E-state index in [1.807, 2.05) is 0 Å². The molecule has 6 nitrogen and oxygen atoms in total. The minimum absolute atomic E-state index is 0.208. The number of hydrogen-bond acceptors (Lipinski definition) is 6. The van der Waals surface area contributed by atoms with Gasteiger partial charge in [0.2, 0.25) is 0 Å². The summed E-state index contributed by atoms with van der Waals surface area (Å²) in [5, 5.41) is 10.8. The lowest BCUT2D eigenvalue weighted by Crippen LogP contribution is -2.15. The molecule has 0 aromatic heterocycles. The van der Waals surface area contributed by atoms with Crippen molar-refractivity contribution in [1.82, 2.24) is 0 Å². The molecule has 0 saturated carbocycles. The maximum atomic E-state index is 10.8. The average molecular weight is 347 g/mol. The van der Waals surface area contributed by atoms with Gasteiger partial charge in [-0.15, -0.1) is 0 Å². The Bertz CT molecular complexity index is 675. The van der Waals surface area contributed by atoms with Crippen molar-refractivity contribution < 1.29 is 24.1 Å². The predicted molar refractivity (Wildman–Crippen MR) is 90.9 cm³/mol. The van der Waals surface area contributed by atoms with Gasteiger partial charge in [0, 0.05) is 24.8 Å². The summed E-state index contributed by atoms with van der Waals surface area (Å²) in [6, 6.07) is 0. The molecule has 0 bridgehead atoms. The molecule has 1 aromatic rings. The van der Waals surface area contributed by atoms with Crippen molar-refractivity contribution in [2.45, 2.75) is 56.5 Å². The second-order valence-electron chi connectivity index (χ2n) is 7.65. The van der Waals surface area contributed by atoms with Gasteiger partial charge in [-0.25, -0.2) is 0 Å². The third-order valence-corrected chi connectivity index (χ3v) is 5.58. The number of aromatic hydroxyl groups is 1. The van der Waals surface area contributed by atoms with Gasteiger partial charge in [0.15, 0.2) is 0 Å². The van der Waals surface area contributed by atoms with E-state index in [0.29, 0.717) is 11.8 Å². The molecule has 5 rings (SSSR count). The third kappa shape index (κ3) is 3.62. The van der Waals surface area contributed by atoms with Crippen LogP contribution in [0.4, 0.5) is 5.69 Å². The lowest BCUT2D eigenvalue weighted by Gasteiger charge is -2.22.